The Morgan fingerprint density at radius 2 is 1.96 bits per heavy atom. The van der Waals surface area contributed by atoms with Gasteiger partial charge in [0.2, 0.25) is 11.1 Å². The summed E-state index contributed by atoms with van der Waals surface area (Å²) < 4.78 is 5.12. The van der Waals surface area contributed by atoms with Crippen LogP contribution in [0.3, 0.4) is 0 Å². The molecule has 0 unspecified atom stereocenters. The Hall–Kier alpha value is -2.87. The van der Waals surface area contributed by atoms with Gasteiger partial charge in [-0.3, -0.25) is 14.9 Å². The molecule has 8 heteroatoms. The number of rotatable bonds is 7. The van der Waals surface area contributed by atoms with Crippen LogP contribution in [-0.4, -0.2) is 38.4 Å². The molecule has 3 rings (SSSR count). The van der Waals surface area contributed by atoms with Gasteiger partial charge in [-0.2, -0.15) is 0 Å². The number of hydrogen-bond acceptors (Lipinski definition) is 6. The molecule has 2 heterocycles. The largest absolute Gasteiger partial charge is 0.497 e. The molecule has 134 valence electrons. The second-order valence-electron chi connectivity index (χ2n) is 5.53. The van der Waals surface area contributed by atoms with E-state index in [1.165, 1.54) is 11.8 Å². The zero-order chi connectivity index (χ0) is 18.4. The maximum atomic E-state index is 12.3. The van der Waals surface area contributed by atoms with Gasteiger partial charge in [0.05, 0.1) is 12.4 Å². The highest BCUT2D eigenvalue weighted by Crippen LogP contribution is 2.22. The Labute approximate surface area is 155 Å². The minimum absolute atomic E-state index is 0.0684. The predicted molar refractivity (Wildman–Crippen MR) is 99.8 cm³/mol. The third-order valence-electron chi connectivity index (χ3n) is 3.70. The highest BCUT2D eigenvalue weighted by molar-refractivity contribution is 8.00. The summed E-state index contributed by atoms with van der Waals surface area (Å²) in [6, 6.07) is 11.3. The van der Waals surface area contributed by atoms with Crippen LogP contribution in [-0.2, 0) is 11.3 Å². The van der Waals surface area contributed by atoms with E-state index in [4.69, 9.17) is 4.74 Å². The van der Waals surface area contributed by atoms with Gasteiger partial charge in [-0.1, -0.05) is 23.9 Å². The van der Waals surface area contributed by atoms with Gasteiger partial charge in [0.15, 0.2) is 5.82 Å². The number of pyridine rings is 1. The van der Waals surface area contributed by atoms with E-state index in [9.17, 15) is 4.79 Å². The SMILES string of the molecule is COc1ccc(CNC(=O)[C@@H](C)Sc2n[nH]c(-c3ccncc3)n2)cc1. The Morgan fingerprint density at radius 3 is 2.65 bits per heavy atom. The number of carbonyl (C=O) groups is 1. The first-order chi connectivity index (χ1) is 12.7. The van der Waals surface area contributed by atoms with E-state index in [1.807, 2.05) is 43.3 Å². The van der Waals surface area contributed by atoms with Crippen LogP contribution in [0.15, 0.2) is 53.9 Å². The van der Waals surface area contributed by atoms with Crippen LogP contribution in [0.1, 0.15) is 12.5 Å². The number of benzene rings is 1. The number of hydrogen-bond donors (Lipinski definition) is 2. The highest BCUT2D eigenvalue weighted by atomic mass is 32.2. The summed E-state index contributed by atoms with van der Waals surface area (Å²) in [5.41, 5.74) is 1.91. The van der Waals surface area contributed by atoms with Crippen LogP contribution in [0.4, 0.5) is 0 Å². The van der Waals surface area contributed by atoms with Crippen molar-refractivity contribution in [1.82, 2.24) is 25.5 Å². The average molecular weight is 369 g/mol. The second-order valence-corrected chi connectivity index (χ2v) is 6.84. The quantitative estimate of drug-likeness (QED) is 0.622. The monoisotopic (exact) mass is 369 g/mol. The van der Waals surface area contributed by atoms with Crippen LogP contribution in [0.2, 0.25) is 0 Å². The molecular formula is C18H19N5O2S. The molecule has 26 heavy (non-hydrogen) atoms. The lowest BCUT2D eigenvalue weighted by Crippen LogP contribution is -2.30. The summed E-state index contributed by atoms with van der Waals surface area (Å²) in [4.78, 5) is 20.7. The van der Waals surface area contributed by atoms with Crippen molar-refractivity contribution >= 4 is 17.7 Å². The van der Waals surface area contributed by atoms with Crippen molar-refractivity contribution in [3.63, 3.8) is 0 Å². The van der Waals surface area contributed by atoms with Crippen LogP contribution >= 0.6 is 11.8 Å². The van der Waals surface area contributed by atoms with Crippen molar-refractivity contribution in [2.45, 2.75) is 23.9 Å². The molecular weight excluding hydrogens is 350 g/mol. The maximum absolute atomic E-state index is 12.3. The van der Waals surface area contributed by atoms with Gasteiger partial charge in [0.25, 0.3) is 0 Å². The molecule has 2 aromatic heterocycles. The molecule has 7 nitrogen and oxygen atoms in total. The number of ether oxygens (including phenoxy) is 1. The molecule has 0 radical (unpaired) electrons. The van der Waals surface area contributed by atoms with Crippen LogP contribution in [0.25, 0.3) is 11.4 Å². The highest BCUT2D eigenvalue weighted by Gasteiger charge is 2.17. The van der Waals surface area contributed by atoms with Crippen LogP contribution in [0.5, 0.6) is 5.75 Å². The molecule has 0 bridgehead atoms. The molecule has 1 aromatic carbocycles. The molecule has 1 atom stereocenters. The molecule has 0 aliphatic heterocycles. The summed E-state index contributed by atoms with van der Waals surface area (Å²) in [6.07, 6.45) is 3.39. The summed E-state index contributed by atoms with van der Waals surface area (Å²) in [7, 11) is 1.62. The molecule has 0 aliphatic rings. The topological polar surface area (TPSA) is 92.8 Å². The van der Waals surface area contributed by atoms with Gasteiger partial charge in [0, 0.05) is 24.5 Å². The van der Waals surface area contributed by atoms with Crippen LogP contribution in [0, 0.1) is 0 Å². The zero-order valence-electron chi connectivity index (χ0n) is 14.5. The minimum atomic E-state index is -0.311. The fourth-order valence-corrected chi connectivity index (χ4v) is 2.97. The first-order valence-corrected chi connectivity index (χ1v) is 8.94. The lowest BCUT2D eigenvalue weighted by Gasteiger charge is -2.10. The second kappa shape index (κ2) is 8.48. The third-order valence-corrected chi connectivity index (χ3v) is 4.66. The van der Waals surface area contributed by atoms with Gasteiger partial charge in [-0.25, -0.2) is 4.98 Å². The first-order valence-electron chi connectivity index (χ1n) is 8.06. The van der Waals surface area contributed by atoms with Gasteiger partial charge >= 0.3 is 0 Å². The Bertz CT molecular complexity index is 852. The van der Waals surface area contributed by atoms with Crippen molar-refractivity contribution in [1.29, 1.82) is 0 Å². The summed E-state index contributed by atoms with van der Waals surface area (Å²) in [6.45, 7) is 2.29. The van der Waals surface area contributed by atoms with Crippen LogP contribution < -0.4 is 10.1 Å². The van der Waals surface area contributed by atoms with Crippen molar-refractivity contribution in [2.24, 2.45) is 0 Å². The summed E-state index contributed by atoms with van der Waals surface area (Å²) in [5, 5.41) is 10.2. The van der Waals surface area contributed by atoms with Gasteiger partial charge in [-0.15, -0.1) is 5.10 Å². The molecule has 0 saturated heterocycles. The van der Waals surface area contributed by atoms with E-state index in [-0.39, 0.29) is 11.2 Å². The first kappa shape index (κ1) is 17.9. The van der Waals surface area contributed by atoms with Crippen molar-refractivity contribution in [3.05, 3.63) is 54.4 Å². The molecule has 1 amide bonds. The number of nitrogens with zero attached hydrogens (tertiary/aromatic N) is 3. The van der Waals surface area contributed by atoms with E-state index in [1.54, 1.807) is 19.5 Å². The van der Waals surface area contributed by atoms with Crippen molar-refractivity contribution in [3.8, 4) is 17.1 Å². The average Bonchev–Trinajstić information content (AvgIpc) is 3.15. The Morgan fingerprint density at radius 1 is 1.23 bits per heavy atom. The fraction of sp³-hybridized carbons (Fsp3) is 0.222. The molecule has 0 aliphatic carbocycles. The van der Waals surface area contributed by atoms with Gasteiger partial charge in [-0.05, 0) is 36.8 Å². The van der Waals surface area contributed by atoms with Gasteiger partial charge < -0.3 is 10.1 Å². The molecule has 0 fully saturated rings. The predicted octanol–water partition coefficient (Wildman–Crippen LogP) is 2.67. The summed E-state index contributed by atoms with van der Waals surface area (Å²) >= 11 is 1.31. The van der Waals surface area contributed by atoms with Crippen molar-refractivity contribution in [2.75, 3.05) is 7.11 Å². The van der Waals surface area contributed by atoms with E-state index in [0.29, 0.717) is 17.5 Å². The minimum Gasteiger partial charge on any atom is -0.497 e. The molecule has 0 spiro atoms. The van der Waals surface area contributed by atoms with E-state index >= 15 is 0 Å². The lowest BCUT2D eigenvalue weighted by molar-refractivity contribution is -0.120. The van der Waals surface area contributed by atoms with E-state index < -0.39 is 0 Å². The normalized spacial score (nSPS) is 11.8. The van der Waals surface area contributed by atoms with E-state index in [0.717, 1.165) is 16.9 Å². The van der Waals surface area contributed by atoms with E-state index in [2.05, 4.69) is 25.5 Å². The van der Waals surface area contributed by atoms with Gasteiger partial charge in [0.1, 0.15) is 5.75 Å². The molecule has 2 N–H and O–H groups in total. The Kier molecular flexibility index (Phi) is 5.85. The molecule has 0 saturated carbocycles. The number of aromatic nitrogens is 4. The number of H-pyrrole nitrogens is 1. The number of nitrogens with one attached hydrogen (secondary N) is 2. The third kappa shape index (κ3) is 4.60. The standard InChI is InChI=1S/C18H19N5O2S/c1-12(17(24)20-11-13-3-5-15(25-2)6-4-13)26-18-21-16(22-23-18)14-7-9-19-10-8-14/h3-10,12H,11H2,1-2H3,(H,20,24)(H,21,22,23)/t12-/m1/s1. The number of methoxy groups -OCH3 is 1. The van der Waals surface area contributed by atoms with Crippen molar-refractivity contribution < 1.29 is 9.53 Å². The smallest absolute Gasteiger partial charge is 0.233 e. The maximum Gasteiger partial charge on any atom is 0.233 e. The lowest BCUT2D eigenvalue weighted by atomic mass is 10.2. The number of carbonyl (C=O) groups excluding carboxylic acids is 1. The Balaban J connectivity index is 1.53. The number of amides is 1. The number of thioether (sulfide) groups is 1. The molecule has 3 aromatic rings. The summed E-state index contributed by atoms with van der Waals surface area (Å²) in [5.74, 6) is 1.38. The zero-order valence-corrected chi connectivity index (χ0v) is 15.3. The number of aromatic amines is 1. The fourth-order valence-electron chi connectivity index (χ4n) is 2.23.